The molecular weight excluding hydrogens is 228 g/mol. The first-order valence-electron chi connectivity index (χ1n) is 5.38. The van der Waals surface area contributed by atoms with E-state index in [-0.39, 0.29) is 18.7 Å². The topological polar surface area (TPSA) is 41.5 Å². The van der Waals surface area contributed by atoms with Crippen molar-refractivity contribution in [1.82, 2.24) is 5.32 Å². The van der Waals surface area contributed by atoms with Crippen LogP contribution in [0.15, 0.2) is 18.2 Å². The van der Waals surface area contributed by atoms with Crippen LogP contribution in [0.25, 0.3) is 0 Å². The highest BCUT2D eigenvalue weighted by molar-refractivity contribution is 5.21. The van der Waals surface area contributed by atoms with Crippen LogP contribution in [0.3, 0.4) is 0 Å². The van der Waals surface area contributed by atoms with Gasteiger partial charge < -0.3 is 15.2 Å². The minimum atomic E-state index is -0.610. The molecule has 3 nitrogen and oxygen atoms in total. The average molecular weight is 245 g/mol. The Morgan fingerprint density at radius 2 is 1.88 bits per heavy atom. The Kier molecular flexibility index (Phi) is 5.47. The van der Waals surface area contributed by atoms with Crippen LogP contribution >= 0.6 is 0 Å². The fourth-order valence-electron chi connectivity index (χ4n) is 1.63. The molecule has 2 atom stereocenters. The Hall–Kier alpha value is -1.04. The van der Waals surface area contributed by atoms with Gasteiger partial charge in [-0.3, -0.25) is 0 Å². The predicted octanol–water partition coefficient (Wildman–Crippen LogP) is 1.62. The second-order valence-corrected chi connectivity index (χ2v) is 3.93. The van der Waals surface area contributed by atoms with Crippen molar-refractivity contribution in [2.45, 2.75) is 19.0 Å². The molecular formula is C12H17F2NO2. The van der Waals surface area contributed by atoms with Crippen molar-refractivity contribution in [2.75, 3.05) is 20.3 Å². The Bertz CT molecular complexity index is 340. The van der Waals surface area contributed by atoms with E-state index in [2.05, 4.69) is 5.32 Å². The molecule has 5 heteroatoms. The lowest BCUT2D eigenvalue weighted by atomic mass is 10.1. The van der Waals surface area contributed by atoms with E-state index in [0.29, 0.717) is 12.2 Å². The number of rotatable bonds is 6. The molecule has 0 spiro atoms. The number of hydrogen-bond acceptors (Lipinski definition) is 3. The van der Waals surface area contributed by atoms with E-state index in [1.165, 1.54) is 19.2 Å². The maximum Gasteiger partial charge on any atom is 0.126 e. The first kappa shape index (κ1) is 14.0. The minimum absolute atomic E-state index is 0.101. The molecule has 1 aromatic rings. The fourth-order valence-corrected chi connectivity index (χ4v) is 1.63. The molecule has 17 heavy (non-hydrogen) atoms. The zero-order valence-electron chi connectivity index (χ0n) is 9.91. The summed E-state index contributed by atoms with van der Waals surface area (Å²) in [5.74, 6) is -1.22. The van der Waals surface area contributed by atoms with Crippen LogP contribution in [0.1, 0.15) is 18.5 Å². The fraction of sp³-hybridized carbons (Fsp3) is 0.500. The third-order valence-electron chi connectivity index (χ3n) is 2.46. The molecule has 1 rings (SSSR count). The lowest BCUT2D eigenvalue weighted by Gasteiger charge is -2.21. The lowest BCUT2D eigenvalue weighted by Crippen LogP contribution is -2.38. The molecule has 0 saturated carbocycles. The van der Waals surface area contributed by atoms with Gasteiger partial charge >= 0.3 is 0 Å². The molecule has 0 radical (unpaired) electrons. The number of hydrogen-bond donors (Lipinski definition) is 2. The number of methoxy groups -OCH3 is 1. The van der Waals surface area contributed by atoms with Crippen molar-refractivity contribution in [1.29, 1.82) is 0 Å². The summed E-state index contributed by atoms with van der Waals surface area (Å²) in [4.78, 5) is 0. The lowest BCUT2D eigenvalue weighted by molar-refractivity contribution is 0.123. The first-order chi connectivity index (χ1) is 8.06. The van der Waals surface area contributed by atoms with Gasteiger partial charge in [-0.15, -0.1) is 0 Å². The van der Waals surface area contributed by atoms with Crippen molar-refractivity contribution in [3.63, 3.8) is 0 Å². The van der Waals surface area contributed by atoms with Gasteiger partial charge in [-0.05, 0) is 24.6 Å². The smallest absolute Gasteiger partial charge is 0.126 e. The summed E-state index contributed by atoms with van der Waals surface area (Å²) in [5.41, 5.74) is 0.497. The van der Waals surface area contributed by atoms with Crippen molar-refractivity contribution in [3.05, 3.63) is 35.4 Å². The van der Waals surface area contributed by atoms with E-state index in [1.807, 2.05) is 0 Å². The summed E-state index contributed by atoms with van der Waals surface area (Å²) in [6.07, 6.45) is 0. The number of aliphatic hydroxyl groups is 1. The van der Waals surface area contributed by atoms with E-state index in [9.17, 15) is 8.78 Å². The number of benzene rings is 1. The van der Waals surface area contributed by atoms with E-state index < -0.39 is 11.6 Å². The Balaban J connectivity index is 2.71. The van der Waals surface area contributed by atoms with Crippen LogP contribution in [0.4, 0.5) is 8.78 Å². The van der Waals surface area contributed by atoms with E-state index in [4.69, 9.17) is 9.84 Å². The summed E-state index contributed by atoms with van der Waals surface area (Å²) in [6.45, 7) is 2.00. The van der Waals surface area contributed by atoms with Gasteiger partial charge in [0, 0.05) is 19.2 Å². The molecule has 2 unspecified atom stereocenters. The SMILES string of the molecule is COCC(CO)NC(C)c1cc(F)cc(F)c1. The van der Waals surface area contributed by atoms with Crippen molar-refractivity contribution in [3.8, 4) is 0 Å². The van der Waals surface area contributed by atoms with E-state index in [1.54, 1.807) is 6.92 Å². The van der Waals surface area contributed by atoms with Crippen LogP contribution in [-0.4, -0.2) is 31.5 Å². The van der Waals surface area contributed by atoms with E-state index in [0.717, 1.165) is 6.07 Å². The largest absolute Gasteiger partial charge is 0.395 e. The Morgan fingerprint density at radius 3 is 2.35 bits per heavy atom. The van der Waals surface area contributed by atoms with Gasteiger partial charge in [-0.2, -0.15) is 0 Å². The minimum Gasteiger partial charge on any atom is -0.395 e. The quantitative estimate of drug-likeness (QED) is 0.800. The third-order valence-corrected chi connectivity index (χ3v) is 2.46. The summed E-state index contributed by atoms with van der Waals surface area (Å²) >= 11 is 0. The average Bonchev–Trinajstić information content (AvgIpc) is 2.27. The molecule has 0 aliphatic rings. The van der Waals surface area contributed by atoms with Gasteiger partial charge in [0.1, 0.15) is 11.6 Å². The molecule has 0 aliphatic heterocycles. The van der Waals surface area contributed by atoms with Crippen molar-refractivity contribution < 1.29 is 18.6 Å². The van der Waals surface area contributed by atoms with Gasteiger partial charge in [0.15, 0.2) is 0 Å². The molecule has 0 heterocycles. The van der Waals surface area contributed by atoms with E-state index >= 15 is 0 Å². The summed E-state index contributed by atoms with van der Waals surface area (Å²) < 4.78 is 30.9. The van der Waals surface area contributed by atoms with Crippen molar-refractivity contribution in [2.24, 2.45) is 0 Å². The first-order valence-corrected chi connectivity index (χ1v) is 5.38. The molecule has 1 aromatic carbocycles. The number of halogens is 2. The Labute approximate surface area is 99.4 Å². The highest BCUT2D eigenvalue weighted by atomic mass is 19.1. The Morgan fingerprint density at radius 1 is 1.29 bits per heavy atom. The van der Waals surface area contributed by atoms with Crippen LogP contribution in [0.5, 0.6) is 0 Å². The molecule has 0 bridgehead atoms. The molecule has 0 amide bonds. The number of aliphatic hydroxyl groups excluding tert-OH is 1. The highest BCUT2D eigenvalue weighted by Crippen LogP contribution is 2.16. The zero-order valence-corrected chi connectivity index (χ0v) is 9.91. The maximum atomic E-state index is 13.0. The molecule has 96 valence electrons. The van der Waals surface area contributed by atoms with Gasteiger partial charge in [0.2, 0.25) is 0 Å². The second kappa shape index (κ2) is 6.64. The molecule has 0 aromatic heterocycles. The summed E-state index contributed by atoms with van der Waals surface area (Å²) in [7, 11) is 1.52. The van der Waals surface area contributed by atoms with Gasteiger partial charge in [0.25, 0.3) is 0 Å². The van der Waals surface area contributed by atoms with Crippen LogP contribution in [-0.2, 0) is 4.74 Å². The molecule has 0 saturated heterocycles. The summed E-state index contributed by atoms with van der Waals surface area (Å²) in [6, 6.07) is 2.83. The van der Waals surface area contributed by atoms with Gasteiger partial charge in [0.05, 0.1) is 19.3 Å². The highest BCUT2D eigenvalue weighted by Gasteiger charge is 2.13. The van der Waals surface area contributed by atoms with Crippen LogP contribution in [0, 0.1) is 11.6 Å². The van der Waals surface area contributed by atoms with Crippen molar-refractivity contribution >= 4 is 0 Å². The second-order valence-electron chi connectivity index (χ2n) is 3.93. The van der Waals surface area contributed by atoms with Crippen LogP contribution < -0.4 is 5.32 Å². The van der Waals surface area contributed by atoms with Gasteiger partial charge in [-0.25, -0.2) is 8.78 Å². The molecule has 2 N–H and O–H groups in total. The van der Waals surface area contributed by atoms with Gasteiger partial charge in [-0.1, -0.05) is 0 Å². The normalized spacial score (nSPS) is 14.6. The number of ether oxygens (including phenoxy) is 1. The molecule has 0 fully saturated rings. The standard InChI is InChI=1S/C12H17F2NO2/c1-8(15-12(6-16)7-17-2)9-3-10(13)5-11(14)4-9/h3-5,8,12,15-16H,6-7H2,1-2H3. The van der Waals surface area contributed by atoms with Crippen LogP contribution in [0.2, 0.25) is 0 Å². The zero-order chi connectivity index (χ0) is 12.8. The monoisotopic (exact) mass is 245 g/mol. The predicted molar refractivity (Wildman–Crippen MR) is 60.7 cm³/mol. The molecule has 0 aliphatic carbocycles. The number of nitrogens with one attached hydrogen (secondary N) is 1. The maximum absolute atomic E-state index is 13.0. The third kappa shape index (κ3) is 4.38. The summed E-state index contributed by atoms with van der Waals surface area (Å²) in [5, 5.41) is 12.1.